The van der Waals surface area contributed by atoms with E-state index in [1.165, 1.54) is 7.11 Å². The SMILES string of the molecule is COC(=O)C(C)CC1Sc2ncccc2C1C=O. The number of ether oxygens (including phenoxy) is 1. The highest BCUT2D eigenvalue weighted by atomic mass is 32.2. The molecule has 2 rings (SSSR count). The molecule has 1 aliphatic rings. The lowest BCUT2D eigenvalue weighted by Crippen LogP contribution is -2.21. The highest BCUT2D eigenvalue weighted by molar-refractivity contribution is 8.00. The van der Waals surface area contributed by atoms with Crippen LogP contribution in [0.3, 0.4) is 0 Å². The summed E-state index contributed by atoms with van der Waals surface area (Å²) >= 11 is 1.57. The van der Waals surface area contributed by atoms with E-state index in [0.29, 0.717) is 6.42 Å². The molecule has 0 bridgehead atoms. The average molecular weight is 265 g/mol. The third kappa shape index (κ3) is 2.41. The van der Waals surface area contributed by atoms with E-state index in [1.807, 2.05) is 19.1 Å². The average Bonchev–Trinajstić information content (AvgIpc) is 2.74. The molecule has 0 saturated carbocycles. The van der Waals surface area contributed by atoms with E-state index >= 15 is 0 Å². The first-order valence-corrected chi connectivity index (χ1v) is 6.70. The van der Waals surface area contributed by atoms with Gasteiger partial charge in [0, 0.05) is 11.4 Å². The summed E-state index contributed by atoms with van der Waals surface area (Å²) in [6, 6.07) is 3.76. The summed E-state index contributed by atoms with van der Waals surface area (Å²) in [5.41, 5.74) is 0.972. The molecule has 18 heavy (non-hydrogen) atoms. The van der Waals surface area contributed by atoms with Crippen LogP contribution in [-0.4, -0.2) is 29.6 Å². The summed E-state index contributed by atoms with van der Waals surface area (Å²) in [6.45, 7) is 1.82. The molecule has 3 atom stereocenters. The summed E-state index contributed by atoms with van der Waals surface area (Å²) < 4.78 is 4.72. The van der Waals surface area contributed by atoms with Gasteiger partial charge in [0.1, 0.15) is 11.3 Å². The van der Waals surface area contributed by atoms with Crippen molar-refractivity contribution in [1.29, 1.82) is 0 Å². The molecular formula is C13H15NO3S. The van der Waals surface area contributed by atoms with Crippen molar-refractivity contribution in [2.24, 2.45) is 5.92 Å². The molecule has 1 aromatic heterocycles. The summed E-state index contributed by atoms with van der Waals surface area (Å²) in [6.07, 6.45) is 3.30. The third-order valence-corrected chi connectivity index (χ3v) is 4.51. The van der Waals surface area contributed by atoms with E-state index in [-0.39, 0.29) is 23.1 Å². The molecule has 0 fully saturated rings. The summed E-state index contributed by atoms with van der Waals surface area (Å²) in [5.74, 6) is -0.612. The Labute approximate surface area is 110 Å². The quantitative estimate of drug-likeness (QED) is 0.616. The van der Waals surface area contributed by atoms with Crippen molar-refractivity contribution in [3.8, 4) is 0 Å². The number of rotatable bonds is 4. The van der Waals surface area contributed by atoms with Crippen molar-refractivity contribution < 1.29 is 14.3 Å². The number of carbonyl (C=O) groups excluding carboxylic acids is 2. The van der Waals surface area contributed by atoms with Crippen LogP contribution in [0.4, 0.5) is 0 Å². The fraction of sp³-hybridized carbons (Fsp3) is 0.462. The molecule has 96 valence electrons. The van der Waals surface area contributed by atoms with Crippen LogP contribution >= 0.6 is 11.8 Å². The van der Waals surface area contributed by atoms with Gasteiger partial charge in [-0.05, 0) is 18.1 Å². The fourth-order valence-electron chi connectivity index (χ4n) is 2.17. The number of hydrogen-bond acceptors (Lipinski definition) is 5. The van der Waals surface area contributed by atoms with Crippen LogP contribution in [0.2, 0.25) is 0 Å². The van der Waals surface area contributed by atoms with Gasteiger partial charge in [0.15, 0.2) is 0 Å². The Bertz CT molecular complexity index is 463. The normalized spacial score (nSPS) is 23.2. The smallest absolute Gasteiger partial charge is 0.308 e. The zero-order valence-electron chi connectivity index (χ0n) is 10.3. The van der Waals surface area contributed by atoms with Gasteiger partial charge < -0.3 is 9.53 Å². The third-order valence-electron chi connectivity index (χ3n) is 3.16. The highest BCUT2D eigenvalue weighted by Gasteiger charge is 2.35. The fourth-order valence-corrected chi connectivity index (χ4v) is 3.66. The van der Waals surface area contributed by atoms with E-state index in [2.05, 4.69) is 4.98 Å². The van der Waals surface area contributed by atoms with Gasteiger partial charge in [-0.2, -0.15) is 0 Å². The summed E-state index contributed by atoms with van der Waals surface area (Å²) in [7, 11) is 1.38. The van der Waals surface area contributed by atoms with Crippen LogP contribution in [-0.2, 0) is 14.3 Å². The molecule has 4 nitrogen and oxygen atoms in total. The monoisotopic (exact) mass is 265 g/mol. The minimum absolute atomic E-state index is 0.0708. The Morgan fingerprint density at radius 2 is 2.44 bits per heavy atom. The van der Waals surface area contributed by atoms with Gasteiger partial charge in [-0.15, -0.1) is 11.8 Å². The Morgan fingerprint density at radius 3 is 3.11 bits per heavy atom. The molecule has 1 aromatic rings. The number of aromatic nitrogens is 1. The van der Waals surface area contributed by atoms with Gasteiger partial charge in [0.25, 0.3) is 0 Å². The predicted octanol–water partition coefficient (Wildman–Crippen LogP) is 2.04. The predicted molar refractivity (Wildman–Crippen MR) is 68.5 cm³/mol. The molecule has 0 aromatic carbocycles. The van der Waals surface area contributed by atoms with Gasteiger partial charge in [-0.25, -0.2) is 4.98 Å². The summed E-state index contributed by atoms with van der Waals surface area (Å²) in [4.78, 5) is 26.9. The Balaban J connectivity index is 2.13. The maximum atomic E-state index is 11.4. The molecule has 1 aliphatic heterocycles. The van der Waals surface area contributed by atoms with Crippen molar-refractivity contribution in [2.75, 3.05) is 7.11 Å². The molecular weight excluding hydrogens is 250 g/mol. The lowest BCUT2D eigenvalue weighted by Gasteiger charge is -2.17. The molecule has 0 aliphatic carbocycles. The van der Waals surface area contributed by atoms with Crippen LogP contribution < -0.4 is 0 Å². The zero-order chi connectivity index (χ0) is 13.1. The molecule has 0 spiro atoms. The highest BCUT2D eigenvalue weighted by Crippen LogP contribution is 2.45. The Morgan fingerprint density at radius 1 is 1.67 bits per heavy atom. The number of thioether (sulfide) groups is 1. The number of esters is 1. The molecule has 0 saturated heterocycles. The second-order valence-electron chi connectivity index (χ2n) is 4.38. The van der Waals surface area contributed by atoms with Crippen LogP contribution in [0.15, 0.2) is 23.4 Å². The standard InChI is InChI=1S/C13H15NO3S/c1-8(13(16)17-2)6-11-10(7-15)9-4-3-5-14-12(9)18-11/h3-5,7-8,10-11H,6H2,1-2H3. The van der Waals surface area contributed by atoms with E-state index in [0.717, 1.165) is 16.9 Å². The summed E-state index contributed by atoms with van der Waals surface area (Å²) in [5, 5.41) is 0.971. The largest absolute Gasteiger partial charge is 0.469 e. The molecule has 0 N–H and O–H groups in total. The maximum Gasteiger partial charge on any atom is 0.308 e. The van der Waals surface area contributed by atoms with Crippen molar-refractivity contribution in [2.45, 2.75) is 29.5 Å². The van der Waals surface area contributed by atoms with Crippen LogP contribution in [0.5, 0.6) is 0 Å². The van der Waals surface area contributed by atoms with Crippen molar-refractivity contribution in [3.05, 3.63) is 23.9 Å². The van der Waals surface area contributed by atoms with E-state index in [4.69, 9.17) is 4.74 Å². The number of carbonyl (C=O) groups is 2. The van der Waals surface area contributed by atoms with Crippen LogP contribution in [0.25, 0.3) is 0 Å². The van der Waals surface area contributed by atoms with Crippen molar-refractivity contribution >= 4 is 24.0 Å². The van der Waals surface area contributed by atoms with Gasteiger partial charge >= 0.3 is 5.97 Å². The maximum absolute atomic E-state index is 11.4. The number of pyridine rings is 1. The number of aldehydes is 1. The first kappa shape index (κ1) is 13.1. The van der Waals surface area contributed by atoms with E-state index in [1.54, 1.807) is 18.0 Å². The number of hydrogen-bond donors (Lipinski definition) is 0. The van der Waals surface area contributed by atoms with Gasteiger partial charge in [0.05, 0.1) is 18.9 Å². The molecule has 3 unspecified atom stereocenters. The Hall–Kier alpha value is -1.36. The minimum atomic E-state index is -0.232. The molecule has 2 heterocycles. The van der Waals surface area contributed by atoms with E-state index < -0.39 is 0 Å². The molecule has 5 heteroatoms. The van der Waals surface area contributed by atoms with Crippen molar-refractivity contribution in [1.82, 2.24) is 4.98 Å². The topological polar surface area (TPSA) is 56.3 Å². The first-order valence-electron chi connectivity index (χ1n) is 5.82. The lowest BCUT2D eigenvalue weighted by atomic mass is 9.93. The van der Waals surface area contributed by atoms with Crippen LogP contribution in [0, 0.1) is 5.92 Å². The minimum Gasteiger partial charge on any atom is -0.469 e. The zero-order valence-corrected chi connectivity index (χ0v) is 11.1. The Kier molecular flexibility index (Phi) is 4.01. The van der Waals surface area contributed by atoms with Gasteiger partial charge in [-0.1, -0.05) is 13.0 Å². The molecule has 0 amide bonds. The number of methoxy groups -OCH3 is 1. The number of nitrogens with zero attached hydrogens (tertiary/aromatic N) is 1. The molecule has 0 radical (unpaired) electrons. The second-order valence-corrected chi connectivity index (χ2v) is 5.60. The van der Waals surface area contributed by atoms with Crippen LogP contribution in [0.1, 0.15) is 24.8 Å². The first-order chi connectivity index (χ1) is 8.67. The number of fused-ring (bicyclic) bond motifs is 1. The van der Waals surface area contributed by atoms with Crippen molar-refractivity contribution in [3.63, 3.8) is 0 Å². The van der Waals surface area contributed by atoms with E-state index in [9.17, 15) is 9.59 Å². The van der Waals surface area contributed by atoms with Gasteiger partial charge in [-0.3, -0.25) is 4.79 Å². The second kappa shape index (κ2) is 5.52. The lowest BCUT2D eigenvalue weighted by molar-refractivity contribution is -0.145. The van der Waals surface area contributed by atoms with Gasteiger partial charge in [0.2, 0.25) is 0 Å².